The van der Waals surface area contributed by atoms with Gasteiger partial charge in [-0.3, -0.25) is 4.79 Å². The number of benzene rings is 1. The predicted octanol–water partition coefficient (Wildman–Crippen LogP) is 3.07. The number of halogens is 3. The van der Waals surface area contributed by atoms with Crippen molar-refractivity contribution in [2.45, 2.75) is 24.9 Å². The van der Waals surface area contributed by atoms with Crippen LogP contribution in [0.15, 0.2) is 24.4 Å². The van der Waals surface area contributed by atoms with Crippen molar-refractivity contribution in [1.29, 1.82) is 0 Å². The molecule has 2 aromatic heterocycles. The zero-order chi connectivity index (χ0) is 20.1. The number of alkyl halides is 3. The lowest BCUT2D eigenvalue weighted by atomic mass is 9.82. The normalized spacial score (nSPS) is 16.9. The van der Waals surface area contributed by atoms with Crippen LogP contribution in [0.4, 0.5) is 13.2 Å². The average Bonchev–Trinajstić information content (AvgIpc) is 3.09. The maximum absolute atomic E-state index is 12.9. The van der Waals surface area contributed by atoms with Crippen LogP contribution in [0.5, 0.6) is 11.5 Å². The number of hydrogen-bond acceptors (Lipinski definition) is 6. The van der Waals surface area contributed by atoms with Crippen molar-refractivity contribution < 1.29 is 27.4 Å². The number of carbonyl (C=O) groups excluding carboxylic acids is 1. The highest BCUT2D eigenvalue weighted by atomic mass is 19.4. The summed E-state index contributed by atoms with van der Waals surface area (Å²) in [5, 5.41) is 3.38. The molecule has 0 spiro atoms. The fourth-order valence-electron chi connectivity index (χ4n) is 3.38. The number of hydrogen-bond donors (Lipinski definition) is 0. The molecule has 1 aromatic carbocycles. The van der Waals surface area contributed by atoms with Crippen molar-refractivity contribution in [3.63, 3.8) is 0 Å². The molecule has 28 heavy (non-hydrogen) atoms. The number of ketones is 1. The first-order chi connectivity index (χ1) is 13.3. The Morgan fingerprint density at radius 1 is 1.14 bits per heavy atom. The fraction of sp³-hybridized carbons (Fsp3) is 0.333. The molecule has 1 aliphatic rings. The smallest absolute Gasteiger partial charge is 0.453 e. The molecule has 1 aliphatic carbocycles. The van der Waals surface area contributed by atoms with Crippen LogP contribution in [-0.4, -0.2) is 39.6 Å². The lowest BCUT2D eigenvalue weighted by Gasteiger charge is -2.24. The zero-order valence-corrected chi connectivity index (χ0v) is 14.9. The van der Waals surface area contributed by atoms with Gasteiger partial charge in [-0.2, -0.15) is 18.2 Å². The largest absolute Gasteiger partial charge is 0.497 e. The summed E-state index contributed by atoms with van der Waals surface area (Å²) in [4.78, 5) is 20.3. The molecule has 3 aromatic rings. The topological polar surface area (TPSA) is 78.6 Å². The van der Waals surface area contributed by atoms with Crippen LogP contribution in [0.3, 0.4) is 0 Å². The van der Waals surface area contributed by atoms with Crippen molar-refractivity contribution in [2.24, 2.45) is 0 Å². The van der Waals surface area contributed by atoms with E-state index in [0.29, 0.717) is 23.6 Å². The van der Waals surface area contributed by atoms with Crippen LogP contribution in [-0.2, 0) is 12.6 Å². The first-order valence-corrected chi connectivity index (χ1v) is 8.38. The van der Waals surface area contributed by atoms with E-state index < -0.39 is 12.0 Å². The van der Waals surface area contributed by atoms with Crippen molar-refractivity contribution >= 4 is 11.6 Å². The number of fused-ring (bicyclic) bond motifs is 2. The molecule has 0 N–H and O–H groups in total. The Labute approximate surface area is 157 Å². The summed E-state index contributed by atoms with van der Waals surface area (Å²) < 4.78 is 50.0. The summed E-state index contributed by atoms with van der Waals surface area (Å²) >= 11 is 0. The van der Waals surface area contributed by atoms with E-state index in [9.17, 15) is 18.0 Å². The molecule has 4 rings (SSSR count). The molecule has 10 heteroatoms. The van der Waals surface area contributed by atoms with Gasteiger partial charge in [0.2, 0.25) is 0 Å². The molecular formula is C18H15F3N4O3. The van der Waals surface area contributed by atoms with Gasteiger partial charge in [0.15, 0.2) is 5.78 Å². The van der Waals surface area contributed by atoms with E-state index in [4.69, 9.17) is 9.47 Å². The standard InChI is InChI=1S/C18H15F3N4O3/c1-27-10-3-4-11(15(7-10)28-2)9-5-13-12(14(26)6-9)8-25-17(22-13)23-16(24-25)18(19,20)21/h3-4,7-9H,5-6H2,1-2H3/t9-/m1/s1. The average molecular weight is 392 g/mol. The molecule has 0 fully saturated rings. The summed E-state index contributed by atoms with van der Waals surface area (Å²) in [6.45, 7) is 0. The summed E-state index contributed by atoms with van der Waals surface area (Å²) in [7, 11) is 3.06. The molecule has 1 atom stereocenters. The second-order valence-electron chi connectivity index (χ2n) is 6.42. The molecule has 0 saturated carbocycles. The predicted molar refractivity (Wildman–Crippen MR) is 90.7 cm³/mol. The van der Waals surface area contributed by atoms with E-state index in [1.54, 1.807) is 12.1 Å². The molecule has 0 amide bonds. The van der Waals surface area contributed by atoms with Gasteiger partial charge in [0.25, 0.3) is 11.6 Å². The molecular weight excluding hydrogens is 377 g/mol. The zero-order valence-electron chi connectivity index (χ0n) is 14.9. The highest BCUT2D eigenvalue weighted by molar-refractivity contribution is 5.98. The molecule has 0 aliphatic heterocycles. The number of methoxy groups -OCH3 is 2. The monoisotopic (exact) mass is 392 g/mol. The van der Waals surface area contributed by atoms with Gasteiger partial charge in [-0.25, -0.2) is 9.50 Å². The number of rotatable bonds is 3. The van der Waals surface area contributed by atoms with Gasteiger partial charge in [0, 0.05) is 24.6 Å². The maximum Gasteiger partial charge on any atom is 0.453 e. The Bertz CT molecular complexity index is 1080. The third-order valence-electron chi connectivity index (χ3n) is 4.72. The maximum atomic E-state index is 12.9. The summed E-state index contributed by atoms with van der Waals surface area (Å²) in [5.41, 5.74) is 1.46. The molecule has 0 bridgehead atoms. The summed E-state index contributed by atoms with van der Waals surface area (Å²) in [6, 6.07) is 5.31. The molecule has 0 unspecified atom stereocenters. The van der Waals surface area contributed by atoms with Crippen LogP contribution >= 0.6 is 0 Å². The molecule has 2 heterocycles. The fourth-order valence-corrected chi connectivity index (χ4v) is 3.38. The Kier molecular flexibility index (Phi) is 4.20. The first-order valence-electron chi connectivity index (χ1n) is 8.38. The number of Topliss-reactive ketones (excluding diaryl/α,β-unsaturated/α-hetero) is 1. The number of carbonyl (C=O) groups is 1. The van der Waals surface area contributed by atoms with Gasteiger partial charge in [0.1, 0.15) is 11.5 Å². The van der Waals surface area contributed by atoms with Crippen LogP contribution in [0.1, 0.15) is 39.8 Å². The number of nitrogens with zero attached hydrogens (tertiary/aromatic N) is 4. The first kappa shape index (κ1) is 18.2. The highest BCUT2D eigenvalue weighted by Crippen LogP contribution is 2.38. The second-order valence-corrected chi connectivity index (χ2v) is 6.42. The van der Waals surface area contributed by atoms with Crippen LogP contribution < -0.4 is 9.47 Å². The van der Waals surface area contributed by atoms with Gasteiger partial charge in [0.05, 0.1) is 25.5 Å². The minimum absolute atomic E-state index is 0.184. The second kappa shape index (κ2) is 6.47. The summed E-state index contributed by atoms with van der Waals surface area (Å²) in [6.07, 6.45) is -2.86. The lowest BCUT2D eigenvalue weighted by Crippen LogP contribution is -2.21. The van der Waals surface area contributed by atoms with Crippen molar-refractivity contribution in [3.8, 4) is 11.5 Å². The molecule has 0 radical (unpaired) electrons. The van der Waals surface area contributed by atoms with E-state index in [1.807, 2.05) is 6.07 Å². The van der Waals surface area contributed by atoms with E-state index in [1.165, 1.54) is 20.4 Å². The third kappa shape index (κ3) is 3.04. The number of ether oxygens (including phenoxy) is 2. The van der Waals surface area contributed by atoms with E-state index in [0.717, 1.165) is 10.1 Å². The Balaban J connectivity index is 1.75. The van der Waals surface area contributed by atoms with Crippen molar-refractivity contribution in [3.05, 3.63) is 47.0 Å². The third-order valence-corrected chi connectivity index (χ3v) is 4.72. The van der Waals surface area contributed by atoms with Crippen LogP contribution in [0.2, 0.25) is 0 Å². The van der Waals surface area contributed by atoms with Gasteiger partial charge < -0.3 is 9.47 Å². The van der Waals surface area contributed by atoms with Crippen LogP contribution in [0, 0.1) is 0 Å². The Morgan fingerprint density at radius 3 is 2.61 bits per heavy atom. The van der Waals surface area contributed by atoms with E-state index in [-0.39, 0.29) is 29.5 Å². The van der Waals surface area contributed by atoms with Gasteiger partial charge in [-0.05, 0) is 18.1 Å². The van der Waals surface area contributed by atoms with E-state index in [2.05, 4.69) is 15.1 Å². The Hall–Kier alpha value is -3.17. The van der Waals surface area contributed by atoms with Gasteiger partial charge >= 0.3 is 6.18 Å². The minimum Gasteiger partial charge on any atom is -0.497 e. The lowest BCUT2D eigenvalue weighted by molar-refractivity contribution is -0.144. The molecule has 0 saturated heterocycles. The number of aromatic nitrogens is 4. The molecule has 7 nitrogen and oxygen atoms in total. The summed E-state index contributed by atoms with van der Waals surface area (Å²) in [5.74, 6) is -0.734. The SMILES string of the molecule is COc1ccc([C@H]2CC(=O)c3cn4nc(C(F)(F)F)nc4nc3C2)c(OC)c1. The van der Waals surface area contributed by atoms with Crippen molar-refractivity contribution in [1.82, 2.24) is 19.6 Å². The van der Waals surface area contributed by atoms with E-state index >= 15 is 0 Å². The quantitative estimate of drug-likeness (QED) is 0.682. The Morgan fingerprint density at radius 2 is 1.93 bits per heavy atom. The highest BCUT2D eigenvalue weighted by Gasteiger charge is 2.37. The minimum atomic E-state index is -4.68. The van der Waals surface area contributed by atoms with Crippen LogP contribution in [0.25, 0.3) is 5.78 Å². The van der Waals surface area contributed by atoms with Gasteiger partial charge in [-0.15, -0.1) is 5.10 Å². The molecule has 146 valence electrons. The van der Waals surface area contributed by atoms with Gasteiger partial charge in [-0.1, -0.05) is 6.07 Å². The van der Waals surface area contributed by atoms with Crippen molar-refractivity contribution in [2.75, 3.05) is 14.2 Å².